The van der Waals surface area contributed by atoms with Gasteiger partial charge >= 0.3 is 0 Å². The topological polar surface area (TPSA) is 69.5 Å². The Morgan fingerprint density at radius 1 is 1.03 bits per heavy atom. The van der Waals surface area contributed by atoms with Gasteiger partial charge in [0.15, 0.2) is 5.16 Å². The largest absolute Gasteiger partial charge is 0.497 e. The number of nitrogens with zero attached hydrogens (tertiary/aromatic N) is 4. The van der Waals surface area contributed by atoms with E-state index in [9.17, 15) is 4.79 Å². The van der Waals surface area contributed by atoms with Crippen LogP contribution < -0.4 is 9.47 Å². The minimum Gasteiger partial charge on any atom is -0.497 e. The minimum absolute atomic E-state index is 0.0101. The monoisotopic (exact) mass is 440 g/mol. The maximum absolute atomic E-state index is 12.6. The van der Waals surface area contributed by atoms with Gasteiger partial charge in [0.1, 0.15) is 23.9 Å². The molecule has 0 bridgehead atoms. The van der Waals surface area contributed by atoms with E-state index in [0.717, 1.165) is 34.1 Å². The van der Waals surface area contributed by atoms with Gasteiger partial charge in [-0.05, 0) is 68.3 Å². The molecular formula is C23H28N4O3S. The first-order valence-electron chi connectivity index (χ1n) is 10.0. The van der Waals surface area contributed by atoms with Crippen LogP contribution in [0.2, 0.25) is 0 Å². The highest BCUT2D eigenvalue weighted by Crippen LogP contribution is 2.23. The number of carbonyl (C=O) groups excluding carboxylic acids is 1. The first-order valence-corrected chi connectivity index (χ1v) is 11.0. The maximum atomic E-state index is 12.6. The van der Waals surface area contributed by atoms with Crippen molar-refractivity contribution in [3.05, 3.63) is 59.4 Å². The second kappa shape index (κ2) is 10.3. The molecule has 0 radical (unpaired) electrons. The van der Waals surface area contributed by atoms with Crippen LogP contribution in [-0.2, 0) is 4.79 Å². The number of methoxy groups -OCH3 is 1. The van der Waals surface area contributed by atoms with Crippen molar-refractivity contribution in [2.45, 2.75) is 25.9 Å². The lowest BCUT2D eigenvalue weighted by molar-refractivity contribution is -0.127. The molecule has 0 atom stereocenters. The van der Waals surface area contributed by atoms with Gasteiger partial charge in [-0.25, -0.2) is 0 Å². The third-order valence-corrected chi connectivity index (χ3v) is 5.68. The van der Waals surface area contributed by atoms with Crippen molar-refractivity contribution >= 4 is 17.7 Å². The van der Waals surface area contributed by atoms with Gasteiger partial charge < -0.3 is 14.4 Å². The highest BCUT2D eigenvalue weighted by atomic mass is 32.2. The normalized spacial score (nSPS) is 10.7. The van der Waals surface area contributed by atoms with E-state index >= 15 is 0 Å². The number of aromatic nitrogens is 3. The number of hydrogen-bond donors (Lipinski definition) is 0. The number of aryl methyl sites for hydroxylation is 3. The molecule has 0 fully saturated rings. The van der Waals surface area contributed by atoms with Crippen molar-refractivity contribution in [2.24, 2.45) is 0 Å². The third-order valence-electron chi connectivity index (χ3n) is 4.77. The molecule has 8 heteroatoms. The molecule has 0 aliphatic heterocycles. The fourth-order valence-electron chi connectivity index (χ4n) is 3.14. The van der Waals surface area contributed by atoms with E-state index in [-0.39, 0.29) is 11.7 Å². The van der Waals surface area contributed by atoms with Gasteiger partial charge in [0.05, 0.1) is 19.4 Å². The molecule has 2 aromatic carbocycles. The molecule has 164 valence electrons. The Labute approximate surface area is 187 Å². The Balaban J connectivity index is 1.54. The van der Waals surface area contributed by atoms with Gasteiger partial charge in [-0.1, -0.05) is 17.8 Å². The molecule has 0 aliphatic rings. The zero-order chi connectivity index (χ0) is 22.4. The molecule has 1 amide bonds. The Kier molecular flexibility index (Phi) is 7.57. The number of rotatable bonds is 9. The number of ether oxygens (including phenoxy) is 2. The lowest BCUT2D eigenvalue weighted by Gasteiger charge is -2.17. The van der Waals surface area contributed by atoms with Crippen molar-refractivity contribution in [1.82, 2.24) is 19.7 Å². The fraction of sp³-hybridized carbons (Fsp3) is 0.348. The molecule has 7 nitrogen and oxygen atoms in total. The van der Waals surface area contributed by atoms with Crippen molar-refractivity contribution in [2.75, 3.05) is 33.1 Å². The lowest BCUT2D eigenvalue weighted by atomic mass is 10.1. The number of carbonyl (C=O) groups is 1. The Hall–Kier alpha value is -3.00. The smallest absolute Gasteiger partial charge is 0.232 e. The van der Waals surface area contributed by atoms with E-state index in [1.54, 1.807) is 19.1 Å². The molecule has 1 aromatic heterocycles. The predicted octanol–water partition coefficient (Wildman–Crippen LogP) is 3.83. The van der Waals surface area contributed by atoms with Crippen LogP contribution in [0.25, 0.3) is 5.69 Å². The summed E-state index contributed by atoms with van der Waals surface area (Å²) < 4.78 is 13.0. The minimum atomic E-state index is 0.0101. The summed E-state index contributed by atoms with van der Waals surface area (Å²) in [6.45, 7) is 6.92. The van der Waals surface area contributed by atoms with Gasteiger partial charge in [-0.3, -0.25) is 9.36 Å². The quantitative estimate of drug-likeness (QED) is 0.471. The summed E-state index contributed by atoms with van der Waals surface area (Å²) in [4.78, 5) is 14.3. The zero-order valence-corrected chi connectivity index (χ0v) is 19.4. The summed E-state index contributed by atoms with van der Waals surface area (Å²) in [6.07, 6.45) is 0. The van der Waals surface area contributed by atoms with E-state index < -0.39 is 0 Å². The SMILES string of the molecule is COc1ccc(-n2c(C)nnc2SCC(=O)N(C)CCOc2cc(C)cc(C)c2)cc1. The van der Waals surface area contributed by atoms with Crippen molar-refractivity contribution < 1.29 is 14.3 Å². The molecule has 0 unspecified atom stereocenters. The maximum Gasteiger partial charge on any atom is 0.232 e. The van der Waals surface area contributed by atoms with Crippen LogP contribution in [0.3, 0.4) is 0 Å². The molecule has 1 heterocycles. The van der Waals surface area contributed by atoms with Gasteiger partial charge in [0, 0.05) is 12.7 Å². The number of amides is 1. The second-order valence-electron chi connectivity index (χ2n) is 7.34. The molecule has 0 saturated heterocycles. The molecule has 0 aliphatic carbocycles. The van der Waals surface area contributed by atoms with Crippen LogP contribution in [0.4, 0.5) is 0 Å². The summed E-state index contributed by atoms with van der Waals surface area (Å²) in [6, 6.07) is 13.8. The van der Waals surface area contributed by atoms with Gasteiger partial charge in [-0.15, -0.1) is 10.2 Å². The van der Waals surface area contributed by atoms with Gasteiger partial charge in [0.2, 0.25) is 5.91 Å². The van der Waals surface area contributed by atoms with Crippen molar-refractivity contribution in [1.29, 1.82) is 0 Å². The zero-order valence-electron chi connectivity index (χ0n) is 18.6. The van der Waals surface area contributed by atoms with Crippen LogP contribution >= 0.6 is 11.8 Å². The Morgan fingerprint density at radius 3 is 2.35 bits per heavy atom. The van der Waals surface area contributed by atoms with E-state index in [4.69, 9.17) is 9.47 Å². The summed E-state index contributed by atoms with van der Waals surface area (Å²) in [5.74, 6) is 2.65. The average Bonchev–Trinajstić information content (AvgIpc) is 3.11. The van der Waals surface area contributed by atoms with E-state index in [1.807, 2.05) is 61.7 Å². The molecule has 0 saturated carbocycles. The van der Waals surface area contributed by atoms with Crippen LogP contribution in [0.15, 0.2) is 47.6 Å². The first-order chi connectivity index (χ1) is 14.9. The highest BCUT2D eigenvalue weighted by molar-refractivity contribution is 7.99. The van der Waals surface area contributed by atoms with Crippen LogP contribution in [0.1, 0.15) is 17.0 Å². The Morgan fingerprint density at radius 2 is 1.71 bits per heavy atom. The van der Waals surface area contributed by atoms with Crippen LogP contribution in [-0.4, -0.2) is 58.6 Å². The number of thioether (sulfide) groups is 1. The number of benzene rings is 2. The average molecular weight is 441 g/mol. The summed E-state index contributed by atoms with van der Waals surface area (Å²) >= 11 is 1.37. The molecule has 0 spiro atoms. The number of likely N-dealkylation sites (N-methyl/N-ethyl adjacent to an activating group) is 1. The molecule has 3 rings (SSSR count). The van der Waals surface area contributed by atoms with Crippen LogP contribution in [0, 0.1) is 20.8 Å². The summed E-state index contributed by atoms with van der Waals surface area (Å²) in [5.41, 5.74) is 3.24. The van der Waals surface area contributed by atoms with E-state index in [2.05, 4.69) is 16.3 Å². The molecule has 31 heavy (non-hydrogen) atoms. The van der Waals surface area contributed by atoms with Gasteiger partial charge in [0.25, 0.3) is 0 Å². The molecular weight excluding hydrogens is 412 g/mol. The fourth-order valence-corrected chi connectivity index (χ4v) is 4.08. The van der Waals surface area contributed by atoms with Crippen molar-refractivity contribution in [3.63, 3.8) is 0 Å². The summed E-state index contributed by atoms with van der Waals surface area (Å²) in [5, 5.41) is 9.08. The van der Waals surface area contributed by atoms with E-state index in [1.165, 1.54) is 11.8 Å². The molecule has 0 N–H and O–H groups in total. The molecule has 3 aromatic rings. The third kappa shape index (κ3) is 6.01. The lowest BCUT2D eigenvalue weighted by Crippen LogP contribution is -2.32. The standard InChI is InChI=1S/C23H28N4O3S/c1-16-12-17(2)14-21(13-16)30-11-10-26(4)22(28)15-31-23-25-24-18(3)27(23)19-6-8-20(29-5)9-7-19/h6-9,12-14H,10-11,15H2,1-5H3. The van der Waals surface area contributed by atoms with Crippen LogP contribution in [0.5, 0.6) is 11.5 Å². The van der Waals surface area contributed by atoms with E-state index in [0.29, 0.717) is 18.3 Å². The Bertz CT molecular complexity index is 1010. The second-order valence-corrected chi connectivity index (χ2v) is 8.28. The summed E-state index contributed by atoms with van der Waals surface area (Å²) in [7, 11) is 3.42. The predicted molar refractivity (Wildman–Crippen MR) is 122 cm³/mol. The highest BCUT2D eigenvalue weighted by Gasteiger charge is 2.15. The van der Waals surface area contributed by atoms with Crippen molar-refractivity contribution in [3.8, 4) is 17.2 Å². The van der Waals surface area contributed by atoms with Gasteiger partial charge in [-0.2, -0.15) is 0 Å². The number of hydrogen-bond acceptors (Lipinski definition) is 6. The first kappa shape index (κ1) is 22.7.